The van der Waals surface area contributed by atoms with Crippen molar-refractivity contribution in [2.75, 3.05) is 5.32 Å². The van der Waals surface area contributed by atoms with Crippen LogP contribution in [0.2, 0.25) is 0 Å². The van der Waals surface area contributed by atoms with Crippen molar-refractivity contribution in [1.82, 2.24) is 5.32 Å². The molecule has 0 radical (unpaired) electrons. The lowest BCUT2D eigenvalue weighted by Crippen LogP contribution is -2.25. The minimum Gasteiger partial charge on any atom is -0.446 e. The predicted octanol–water partition coefficient (Wildman–Crippen LogP) is 3.58. The summed E-state index contributed by atoms with van der Waals surface area (Å²) in [5.41, 5.74) is 1.07. The van der Waals surface area contributed by atoms with Crippen molar-refractivity contribution >= 4 is 17.7 Å². The number of hydrogen-bond acceptors (Lipinski definition) is 3. The molecular formula is C17H21FN2O3. The molecule has 1 aliphatic rings. The van der Waals surface area contributed by atoms with Crippen LogP contribution in [0.15, 0.2) is 36.5 Å². The van der Waals surface area contributed by atoms with E-state index in [1.807, 2.05) is 0 Å². The Hall–Kier alpha value is -2.37. The minimum atomic E-state index is -0.485. The van der Waals surface area contributed by atoms with Gasteiger partial charge < -0.3 is 10.1 Å². The molecule has 0 unspecified atom stereocenters. The zero-order chi connectivity index (χ0) is 16.8. The molecule has 23 heavy (non-hydrogen) atoms. The molecule has 1 aliphatic carbocycles. The number of halogens is 1. The van der Waals surface area contributed by atoms with E-state index in [1.54, 1.807) is 6.92 Å². The standard InChI is InChI=1S/C17H21FN2O3/c1-11(16(21)20-14-7-5-13(18)6-8-14)3-4-12(2)19-17(22)23-15-9-10-15/h5-8,11,15H,2-4,9-10H2,1H3,(H,19,22)(H,20,21)/t11-/m0/s1. The minimum absolute atomic E-state index is 0.0446. The maximum Gasteiger partial charge on any atom is 0.411 e. The molecule has 5 nitrogen and oxygen atoms in total. The van der Waals surface area contributed by atoms with Gasteiger partial charge in [-0.15, -0.1) is 0 Å². The molecule has 1 saturated carbocycles. The number of alkyl carbamates (subject to hydrolysis) is 1. The quantitative estimate of drug-likeness (QED) is 0.807. The van der Waals surface area contributed by atoms with Gasteiger partial charge in [-0.1, -0.05) is 13.5 Å². The third-order valence-corrected chi connectivity index (χ3v) is 3.52. The van der Waals surface area contributed by atoms with Crippen molar-refractivity contribution < 1.29 is 18.7 Å². The van der Waals surface area contributed by atoms with Gasteiger partial charge in [0.25, 0.3) is 0 Å². The van der Waals surface area contributed by atoms with Crippen LogP contribution in [0.25, 0.3) is 0 Å². The first-order valence-corrected chi connectivity index (χ1v) is 7.66. The molecule has 0 heterocycles. The fourth-order valence-corrected chi connectivity index (χ4v) is 1.89. The van der Waals surface area contributed by atoms with Gasteiger partial charge in [0.2, 0.25) is 5.91 Å². The Labute approximate surface area is 134 Å². The van der Waals surface area contributed by atoms with E-state index in [4.69, 9.17) is 4.74 Å². The van der Waals surface area contributed by atoms with Crippen LogP contribution in [0.1, 0.15) is 32.6 Å². The number of allylic oxidation sites excluding steroid dienone is 1. The van der Waals surface area contributed by atoms with Crippen LogP contribution >= 0.6 is 0 Å². The molecule has 0 aromatic heterocycles. The van der Waals surface area contributed by atoms with Crippen LogP contribution in [0.4, 0.5) is 14.9 Å². The molecule has 2 rings (SSSR count). The molecule has 0 bridgehead atoms. The number of rotatable bonds is 7. The van der Waals surface area contributed by atoms with Crippen LogP contribution in [-0.2, 0) is 9.53 Å². The number of nitrogens with one attached hydrogen (secondary N) is 2. The smallest absolute Gasteiger partial charge is 0.411 e. The number of amides is 2. The molecule has 2 N–H and O–H groups in total. The summed E-state index contributed by atoms with van der Waals surface area (Å²) >= 11 is 0. The predicted molar refractivity (Wildman–Crippen MR) is 85.2 cm³/mol. The third-order valence-electron chi connectivity index (χ3n) is 3.52. The van der Waals surface area contributed by atoms with E-state index in [2.05, 4.69) is 17.2 Å². The summed E-state index contributed by atoms with van der Waals surface area (Å²) in [6, 6.07) is 5.59. The first kappa shape index (κ1) is 17.0. The molecule has 124 valence electrons. The Balaban J connectivity index is 1.69. The van der Waals surface area contributed by atoms with Crippen molar-refractivity contribution in [2.24, 2.45) is 5.92 Å². The molecule has 0 aliphatic heterocycles. The summed E-state index contributed by atoms with van der Waals surface area (Å²) < 4.78 is 17.9. The van der Waals surface area contributed by atoms with Gasteiger partial charge in [-0.05, 0) is 49.9 Å². The summed E-state index contributed by atoms with van der Waals surface area (Å²) in [6.07, 6.45) is 2.41. The van der Waals surface area contributed by atoms with Gasteiger partial charge in [-0.2, -0.15) is 0 Å². The highest BCUT2D eigenvalue weighted by Gasteiger charge is 2.26. The Morgan fingerprint density at radius 3 is 2.61 bits per heavy atom. The maximum absolute atomic E-state index is 12.8. The molecule has 2 amide bonds. The van der Waals surface area contributed by atoms with Crippen molar-refractivity contribution in [2.45, 2.75) is 38.7 Å². The van der Waals surface area contributed by atoms with E-state index >= 15 is 0 Å². The molecular weight excluding hydrogens is 299 g/mol. The highest BCUT2D eigenvalue weighted by molar-refractivity contribution is 5.92. The fourth-order valence-electron chi connectivity index (χ4n) is 1.89. The summed E-state index contributed by atoms with van der Waals surface area (Å²) in [6.45, 7) is 5.55. The van der Waals surface area contributed by atoms with Crippen molar-refractivity contribution in [1.29, 1.82) is 0 Å². The first-order valence-electron chi connectivity index (χ1n) is 7.66. The normalized spacial score (nSPS) is 14.7. The van der Waals surface area contributed by atoms with E-state index in [9.17, 15) is 14.0 Å². The summed E-state index contributed by atoms with van der Waals surface area (Å²) in [7, 11) is 0. The van der Waals surface area contributed by atoms with E-state index in [0.717, 1.165) is 12.8 Å². The Bertz CT molecular complexity index is 582. The second-order valence-corrected chi connectivity index (χ2v) is 5.77. The lowest BCUT2D eigenvalue weighted by molar-refractivity contribution is -0.119. The van der Waals surface area contributed by atoms with Crippen LogP contribution in [0.5, 0.6) is 0 Å². The summed E-state index contributed by atoms with van der Waals surface area (Å²) in [5.74, 6) is -0.778. The average molecular weight is 320 g/mol. The molecule has 1 fully saturated rings. The second kappa shape index (κ2) is 7.76. The van der Waals surface area contributed by atoms with Crippen molar-refractivity contribution in [3.63, 3.8) is 0 Å². The monoisotopic (exact) mass is 320 g/mol. The number of ether oxygens (including phenoxy) is 1. The molecule has 1 atom stereocenters. The van der Waals surface area contributed by atoms with E-state index in [0.29, 0.717) is 24.2 Å². The fraction of sp³-hybridized carbons (Fsp3) is 0.412. The summed E-state index contributed by atoms with van der Waals surface area (Å²) in [5, 5.41) is 5.29. The van der Waals surface area contributed by atoms with Gasteiger partial charge in [-0.25, -0.2) is 9.18 Å². The number of anilines is 1. The number of hydrogen-bond donors (Lipinski definition) is 2. The topological polar surface area (TPSA) is 67.4 Å². The summed E-state index contributed by atoms with van der Waals surface area (Å²) in [4.78, 5) is 23.5. The zero-order valence-electron chi connectivity index (χ0n) is 13.1. The van der Waals surface area contributed by atoms with Gasteiger partial charge in [0, 0.05) is 17.3 Å². The van der Waals surface area contributed by atoms with E-state index < -0.39 is 6.09 Å². The molecule has 6 heteroatoms. The van der Waals surface area contributed by atoms with Crippen molar-refractivity contribution in [3.05, 3.63) is 42.4 Å². The van der Waals surface area contributed by atoms with E-state index in [-0.39, 0.29) is 23.7 Å². The first-order chi connectivity index (χ1) is 10.9. The Morgan fingerprint density at radius 2 is 2.00 bits per heavy atom. The lowest BCUT2D eigenvalue weighted by Gasteiger charge is -2.13. The zero-order valence-corrected chi connectivity index (χ0v) is 13.1. The average Bonchev–Trinajstić information content (AvgIpc) is 3.30. The molecule has 1 aromatic rings. The number of carbonyl (C=O) groups is 2. The highest BCUT2D eigenvalue weighted by Crippen LogP contribution is 2.23. The SMILES string of the molecule is C=C(CC[C@H](C)C(=O)Nc1ccc(F)cc1)NC(=O)OC1CC1. The van der Waals surface area contributed by atoms with Gasteiger partial charge in [0.15, 0.2) is 0 Å². The van der Waals surface area contributed by atoms with Crippen LogP contribution in [0.3, 0.4) is 0 Å². The van der Waals surface area contributed by atoms with Crippen LogP contribution in [0, 0.1) is 11.7 Å². The van der Waals surface area contributed by atoms with Crippen LogP contribution in [-0.4, -0.2) is 18.1 Å². The molecule has 0 saturated heterocycles. The van der Waals surface area contributed by atoms with Gasteiger partial charge >= 0.3 is 6.09 Å². The Morgan fingerprint density at radius 1 is 1.35 bits per heavy atom. The number of benzene rings is 1. The molecule has 1 aromatic carbocycles. The largest absolute Gasteiger partial charge is 0.446 e. The number of carbonyl (C=O) groups excluding carboxylic acids is 2. The van der Waals surface area contributed by atoms with Crippen LogP contribution < -0.4 is 10.6 Å². The van der Waals surface area contributed by atoms with Gasteiger partial charge in [-0.3, -0.25) is 10.1 Å². The van der Waals surface area contributed by atoms with E-state index in [1.165, 1.54) is 24.3 Å². The van der Waals surface area contributed by atoms with Crippen molar-refractivity contribution in [3.8, 4) is 0 Å². The highest BCUT2D eigenvalue weighted by atomic mass is 19.1. The van der Waals surface area contributed by atoms with Gasteiger partial charge in [0.05, 0.1) is 0 Å². The second-order valence-electron chi connectivity index (χ2n) is 5.77. The molecule has 0 spiro atoms. The van der Waals surface area contributed by atoms with Gasteiger partial charge in [0.1, 0.15) is 11.9 Å². The maximum atomic E-state index is 12.8. The Kier molecular flexibility index (Phi) is 5.73. The lowest BCUT2D eigenvalue weighted by atomic mass is 10.0. The third kappa shape index (κ3) is 6.10.